The van der Waals surface area contributed by atoms with Crippen molar-refractivity contribution in [3.8, 4) is 11.3 Å². The fourth-order valence-corrected chi connectivity index (χ4v) is 3.94. The fraction of sp³-hybridized carbons (Fsp3) is 0.143. The molecule has 146 valence electrons. The number of fused-ring (bicyclic) bond motifs is 1. The van der Waals surface area contributed by atoms with Crippen LogP contribution in [0.3, 0.4) is 0 Å². The summed E-state index contributed by atoms with van der Waals surface area (Å²) in [5.41, 5.74) is 3.12. The van der Waals surface area contributed by atoms with Gasteiger partial charge in [-0.2, -0.15) is 0 Å². The third kappa shape index (κ3) is 4.44. The molecule has 0 saturated carbocycles. The van der Waals surface area contributed by atoms with Crippen LogP contribution in [0, 0.1) is 6.92 Å². The third-order valence-electron chi connectivity index (χ3n) is 4.45. The first kappa shape index (κ1) is 19.5. The van der Waals surface area contributed by atoms with Crippen LogP contribution in [0.2, 0.25) is 0 Å². The molecular weight excluding hydrogens is 452 g/mol. The lowest BCUT2D eigenvalue weighted by atomic mass is 10.1. The Morgan fingerprint density at radius 3 is 2.72 bits per heavy atom. The van der Waals surface area contributed by atoms with E-state index in [2.05, 4.69) is 31.2 Å². The van der Waals surface area contributed by atoms with E-state index in [1.165, 1.54) is 10.9 Å². The van der Waals surface area contributed by atoms with E-state index < -0.39 is 0 Å². The second-order valence-electron chi connectivity index (χ2n) is 6.53. The van der Waals surface area contributed by atoms with E-state index in [1.54, 1.807) is 23.5 Å². The summed E-state index contributed by atoms with van der Waals surface area (Å²) < 4.78 is 2.28. The lowest BCUT2D eigenvalue weighted by Gasteiger charge is -2.08. The Hall–Kier alpha value is -2.84. The predicted molar refractivity (Wildman–Crippen MR) is 119 cm³/mol. The maximum absolute atomic E-state index is 12.6. The molecule has 4 rings (SSSR count). The van der Waals surface area contributed by atoms with Crippen LogP contribution in [0.15, 0.2) is 63.4 Å². The summed E-state index contributed by atoms with van der Waals surface area (Å²) in [6, 6.07) is 12.9. The highest BCUT2D eigenvalue weighted by atomic mass is 79.9. The number of aromatic nitrogens is 3. The van der Waals surface area contributed by atoms with Crippen molar-refractivity contribution in [1.82, 2.24) is 14.5 Å². The van der Waals surface area contributed by atoms with E-state index in [1.807, 2.05) is 42.6 Å². The van der Waals surface area contributed by atoms with Crippen molar-refractivity contribution in [3.05, 3.63) is 74.0 Å². The highest BCUT2D eigenvalue weighted by Gasteiger charge is 2.08. The smallest absolute Gasteiger partial charge is 0.261 e. The molecule has 8 heteroatoms. The molecule has 2 aromatic carbocycles. The molecule has 0 aliphatic carbocycles. The van der Waals surface area contributed by atoms with Gasteiger partial charge in [0.05, 0.1) is 27.9 Å². The van der Waals surface area contributed by atoms with Gasteiger partial charge in [-0.05, 0) is 37.3 Å². The molecule has 0 aliphatic heterocycles. The predicted octanol–water partition coefficient (Wildman–Crippen LogP) is 4.62. The van der Waals surface area contributed by atoms with E-state index in [-0.39, 0.29) is 24.4 Å². The number of benzene rings is 2. The quantitative estimate of drug-likeness (QED) is 0.463. The number of amides is 1. The maximum Gasteiger partial charge on any atom is 0.261 e. The zero-order chi connectivity index (χ0) is 20.4. The third-order valence-corrected chi connectivity index (χ3v) is 5.72. The average molecular weight is 469 g/mol. The number of hydrogen-bond acceptors (Lipinski definition) is 5. The second kappa shape index (κ2) is 8.26. The van der Waals surface area contributed by atoms with Gasteiger partial charge in [0.2, 0.25) is 5.91 Å². The minimum atomic E-state index is -0.163. The van der Waals surface area contributed by atoms with Gasteiger partial charge in [0.25, 0.3) is 5.56 Å². The first-order chi connectivity index (χ1) is 14.0. The van der Waals surface area contributed by atoms with Gasteiger partial charge in [0, 0.05) is 34.1 Å². The highest BCUT2D eigenvalue weighted by molar-refractivity contribution is 9.10. The summed E-state index contributed by atoms with van der Waals surface area (Å²) >= 11 is 4.97. The van der Waals surface area contributed by atoms with Crippen molar-refractivity contribution in [2.75, 3.05) is 5.32 Å². The van der Waals surface area contributed by atoms with Gasteiger partial charge in [-0.1, -0.05) is 28.1 Å². The highest BCUT2D eigenvalue weighted by Crippen LogP contribution is 2.23. The zero-order valence-corrected chi connectivity index (χ0v) is 18.0. The summed E-state index contributed by atoms with van der Waals surface area (Å²) in [6.45, 7) is 2.23. The molecule has 1 amide bonds. The van der Waals surface area contributed by atoms with Crippen molar-refractivity contribution in [2.45, 2.75) is 19.9 Å². The molecule has 4 aromatic rings. The zero-order valence-electron chi connectivity index (χ0n) is 15.6. The summed E-state index contributed by atoms with van der Waals surface area (Å²) in [6.07, 6.45) is 1.66. The van der Waals surface area contributed by atoms with Crippen LogP contribution >= 0.6 is 27.3 Å². The molecule has 0 radical (unpaired) electrons. The number of halogens is 1. The number of carbonyl (C=O) groups excluding carboxylic acids is 1. The van der Waals surface area contributed by atoms with Crippen molar-refractivity contribution in [1.29, 1.82) is 0 Å². The van der Waals surface area contributed by atoms with E-state index in [9.17, 15) is 9.59 Å². The lowest BCUT2D eigenvalue weighted by molar-refractivity contribution is -0.116. The summed E-state index contributed by atoms with van der Waals surface area (Å²) in [4.78, 5) is 33.6. The van der Waals surface area contributed by atoms with Gasteiger partial charge in [0.15, 0.2) is 0 Å². The van der Waals surface area contributed by atoms with Crippen LogP contribution in [-0.2, 0) is 11.3 Å². The van der Waals surface area contributed by atoms with Crippen molar-refractivity contribution < 1.29 is 4.79 Å². The molecule has 0 aliphatic rings. The van der Waals surface area contributed by atoms with E-state index in [4.69, 9.17) is 0 Å². The molecule has 0 atom stereocenters. The fourth-order valence-electron chi connectivity index (χ4n) is 2.96. The molecule has 0 unspecified atom stereocenters. The minimum Gasteiger partial charge on any atom is -0.326 e. The standard InChI is InChI=1S/C21H17BrN4O2S/c1-13-24-19(11-29-13)14-2-5-16(6-3-14)25-20(27)8-9-26-12-23-18-7-4-15(22)10-17(18)21(26)28/h2-7,10-12H,8-9H2,1H3,(H,25,27). The van der Waals surface area contributed by atoms with Crippen LogP contribution < -0.4 is 10.9 Å². The van der Waals surface area contributed by atoms with E-state index >= 15 is 0 Å². The number of hydrogen-bond donors (Lipinski definition) is 1. The largest absolute Gasteiger partial charge is 0.326 e. The van der Waals surface area contributed by atoms with Gasteiger partial charge in [0.1, 0.15) is 0 Å². The molecule has 1 N–H and O–H groups in total. The van der Waals surface area contributed by atoms with Gasteiger partial charge in [-0.15, -0.1) is 11.3 Å². The molecule has 6 nitrogen and oxygen atoms in total. The Morgan fingerprint density at radius 2 is 2.00 bits per heavy atom. The van der Waals surface area contributed by atoms with Crippen molar-refractivity contribution in [2.24, 2.45) is 0 Å². The number of aryl methyl sites for hydroxylation is 2. The molecule has 0 spiro atoms. The topological polar surface area (TPSA) is 76.9 Å². The normalized spacial score (nSPS) is 11.0. The summed E-state index contributed by atoms with van der Waals surface area (Å²) in [7, 11) is 0. The first-order valence-corrected chi connectivity index (χ1v) is 10.6. The first-order valence-electron chi connectivity index (χ1n) is 8.97. The van der Waals surface area contributed by atoms with Gasteiger partial charge < -0.3 is 5.32 Å². The van der Waals surface area contributed by atoms with E-state index in [0.29, 0.717) is 16.6 Å². The Labute approximate surface area is 179 Å². The Bertz CT molecular complexity index is 1250. The number of anilines is 1. The molecule has 0 bridgehead atoms. The Balaban J connectivity index is 1.41. The van der Waals surface area contributed by atoms with Crippen LogP contribution in [-0.4, -0.2) is 20.4 Å². The molecule has 2 aromatic heterocycles. The average Bonchev–Trinajstić information content (AvgIpc) is 3.15. The van der Waals surface area contributed by atoms with Crippen molar-refractivity contribution >= 4 is 49.8 Å². The van der Waals surface area contributed by atoms with Gasteiger partial charge >= 0.3 is 0 Å². The number of nitrogens with one attached hydrogen (secondary N) is 1. The van der Waals surface area contributed by atoms with Crippen LogP contribution in [0.5, 0.6) is 0 Å². The summed E-state index contributed by atoms with van der Waals surface area (Å²) in [5.74, 6) is -0.163. The van der Waals surface area contributed by atoms with E-state index in [0.717, 1.165) is 20.7 Å². The number of rotatable bonds is 5. The number of nitrogens with zero attached hydrogens (tertiary/aromatic N) is 3. The molecule has 0 fully saturated rings. The molecule has 29 heavy (non-hydrogen) atoms. The van der Waals surface area contributed by atoms with Crippen LogP contribution in [0.1, 0.15) is 11.4 Å². The van der Waals surface area contributed by atoms with Crippen LogP contribution in [0.4, 0.5) is 5.69 Å². The number of carbonyl (C=O) groups is 1. The SMILES string of the molecule is Cc1nc(-c2ccc(NC(=O)CCn3cnc4ccc(Br)cc4c3=O)cc2)cs1. The minimum absolute atomic E-state index is 0.160. The second-order valence-corrected chi connectivity index (χ2v) is 8.51. The maximum atomic E-state index is 12.6. The van der Waals surface area contributed by atoms with Crippen LogP contribution in [0.25, 0.3) is 22.2 Å². The van der Waals surface area contributed by atoms with Crippen molar-refractivity contribution in [3.63, 3.8) is 0 Å². The molecular formula is C21H17BrN4O2S. The Kier molecular flexibility index (Phi) is 5.55. The summed E-state index contributed by atoms with van der Waals surface area (Å²) in [5, 5.41) is 6.41. The lowest BCUT2D eigenvalue weighted by Crippen LogP contribution is -2.23. The van der Waals surface area contributed by atoms with Gasteiger partial charge in [-0.3, -0.25) is 14.2 Å². The molecule has 0 saturated heterocycles. The number of thiazole rings is 1. The van der Waals surface area contributed by atoms with Gasteiger partial charge in [-0.25, -0.2) is 9.97 Å². The molecule has 2 heterocycles. The Morgan fingerprint density at radius 1 is 1.21 bits per heavy atom. The monoisotopic (exact) mass is 468 g/mol.